The van der Waals surface area contributed by atoms with Crippen molar-refractivity contribution in [1.29, 1.82) is 0 Å². The Morgan fingerprint density at radius 2 is 2.25 bits per heavy atom. The third-order valence-corrected chi connectivity index (χ3v) is 3.49. The lowest BCUT2D eigenvalue weighted by Gasteiger charge is -2.14. The number of pyridine rings is 1. The van der Waals surface area contributed by atoms with Crippen molar-refractivity contribution in [3.05, 3.63) is 52.6 Å². The van der Waals surface area contributed by atoms with Crippen molar-refractivity contribution in [3.8, 4) is 0 Å². The van der Waals surface area contributed by atoms with Gasteiger partial charge in [0.05, 0.1) is 18.9 Å². The summed E-state index contributed by atoms with van der Waals surface area (Å²) in [6, 6.07) is 4.04. The fourth-order valence-electron chi connectivity index (χ4n) is 2.21. The topological polar surface area (TPSA) is 22.0 Å². The maximum atomic E-state index is 11.8. The predicted molar refractivity (Wildman–Crippen MR) is 63.7 cm³/mol. The van der Waals surface area contributed by atoms with Gasteiger partial charge in [0.2, 0.25) is 0 Å². The van der Waals surface area contributed by atoms with Crippen LogP contribution in [-0.2, 0) is 0 Å². The van der Waals surface area contributed by atoms with Gasteiger partial charge in [-0.1, -0.05) is 6.07 Å². The van der Waals surface area contributed by atoms with Gasteiger partial charge in [0, 0.05) is 24.4 Å². The van der Waals surface area contributed by atoms with Crippen molar-refractivity contribution < 1.29 is 4.48 Å². The van der Waals surface area contributed by atoms with Crippen molar-refractivity contribution in [1.82, 2.24) is 4.57 Å². The van der Waals surface area contributed by atoms with E-state index in [1.165, 1.54) is 0 Å². The van der Waals surface area contributed by atoms with Gasteiger partial charge in [-0.3, -0.25) is 13.8 Å². The summed E-state index contributed by atoms with van der Waals surface area (Å²) in [6.45, 7) is 3.15. The zero-order valence-electron chi connectivity index (χ0n) is 9.55. The van der Waals surface area contributed by atoms with E-state index >= 15 is 0 Å². The van der Waals surface area contributed by atoms with Crippen LogP contribution in [0, 0.1) is 6.92 Å². The van der Waals surface area contributed by atoms with Gasteiger partial charge in [-0.05, 0) is 12.5 Å². The minimum atomic E-state index is 0.0400. The van der Waals surface area contributed by atoms with E-state index in [2.05, 4.69) is 19.3 Å². The maximum absolute atomic E-state index is 11.8. The predicted octanol–water partition coefficient (Wildman–Crippen LogP) is 1.35. The van der Waals surface area contributed by atoms with E-state index in [-0.39, 0.29) is 5.56 Å². The molecule has 1 aromatic heterocycles. The Bertz CT molecular complexity index is 568. The van der Waals surface area contributed by atoms with Crippen LogP contribution < -0.4 is 5.56 Å². The van der Waals surface area contributed by atoms with Crippen LogP contribution in [0.3, 0.4) is 0 Å². The number of hydrogen-bond donors (Lipinski definition) is 0. The van der Waals surface area contributed by atoms with Gasteiger partial charge in [0.25, 0.3) is 5.56 Å². The first-order valence-electron chi connectivity index (χ1n) is 5.54. The fraction of sp³-hybridized carbons (Fsp3) is 0.308. The summed E-state index contributed by atoms with van der Waals surface area (Å²) in [5.74, 6) is 0. The van der Waals surface area contributed by atoms with Crippen molar-refractivity contribution in [2.45, 2.75) is 13.0 Å². The number of fused-ring (bicyclic) bond motifs is 1. The first kappa shape index (κ1) is 9.60. The quantitative estimate of drug-likeness (QED) is 0.512. The molecule has 1 aromatic rings. The van der Waals surface area contributed by atoms with E-state index in [0.717, 1.165) is 22.3 Å². The molecule has 1 fully saturated rings. The normalized spacial score (nSPS) is 30.9. The second kappa shape index (κ2) is 2.95. The molecule has 0 spiro atoms. The SMILES string of the molecule is Cc1ccc(=O)n(C2=CC3C[N+]3(C)C=C2)c1. The Balaban J connectivity index is 2.06. The van der Waals surface area contributed by atoms with Gasteiger partial charge in [-0.2, -0.15) is 0 Å². The highest BCUT2D eigenvalue weighted by Gasteiger charge is 2.50. The number of hydrogen-bond acceptors (Lipinski definition) is 1. The van der Waals surface area contributed by atoms with Crippen LogP contribution in [0.15, 0.2) is 41.5 Å². The molecule has 0 saturated carbocycles. The molecule has 3 heterocycles. The average molecular weight is 215 g/mol. The highest BCUT2D eigenvalue weighted by Crippen LogP contribution is 2.35. The summed E-state index contributed by atoms with van der Waals surface area (Å²) in [4.78, 5) is 11.8. The Morgan fingerprint density at radius 1 is 1.44 bits per heavy atom. The Hall–Kier alpha value is -1.61. The van der Waals surface area contributed by atoms with Crippen molar-refractivity contribution in [2.24, 2.45) is 0 Å². The molecule has 1 saturated heterocycles. The molecule has 2 atom stereocenters. The van der Waals surface area contributed by atoms with Crippen LogP contribution in [0.4, 0.5) is 0 Å². The van der Waals surface area contributed by atoms with E-state index in [1.54, 1.807) is 10.6 Å². The number of rotatable bonds is 1. The van der Waals surface area contributed by atoms with Gasteiger partial charge in [0.15, 0.2) is 6.04 Å². The van der Waals surface area contributed by atoms with Crippen molar-refractivity contribution in [2.75, 3.05) is 13.6 Å². The molecule has 0 aliphatic carbocycles. The fourth-order valence-corrected chi connectivity index (χ4v) is 2.21. The summed E-state index contributed by atoms with van der Waals surface area (Å²) in [5.41, 5.74) is 2.15. The van der Waals surface area contributed by atoms with Crippen LogP contribution in [0.1, 0.15) is 5.56 Å². The first-order valence-corrected chi connectivity index (χ1v) is 5.54. The second-order valence-corrected chi connectivity index (χ2v) is 4.92. The molecule has 0 amide bonds. The summed E-state index contributed by atoms with van der Waals surface area (Å²) in [6.07, 6.45) is 8.32. The average Bonchev–Trinajstić information content (AvgIpc) is 2.92. The van der Waals surface area contributed by atoms with Crippen LogP contribution in [0.5, 0.6) is 0 Å². The lowest BCUT2D eigenvalue weighted by molar-refractivity contribution is -0.730. The molecular formula is C13H15N2O+. The number of aryl methyl sites for hydroxylation is 1. The number of likely N-dealkylation sites (N-methyl/N-ethyl adjacent to an activating group) is 1. The monoisotopic (exact) mass is 215 g/mol. The molecule has 3 heteroatoms. The Labute approximate surface area is 94.5 Å². The minimum absolute atomic E-state index is 0.0400. The molecule has 0 aromatic carbocycles. The Kier molecular flexibility index (Phi) is 1.77. The third kappa shape index (κ3) is 1.36. The van der Waals surface area contributed by atoms with Gasteiger partial charge < -0.3 is 0 Å². The van der Waals surface area contributed by atoms with Crippen LogP contribution in [0.25, 0.3) is 5.70 Å². The van der Waals surface area contributed by atoms with E-state index in [0.29, 0.717) is 6.04 Å². The van der Waals surface area contributed by atoms with Crippen LogP contribution in [-0.4, -0.2) is 28.7 Å². The summed E-state index contributed by atoms with van der Waals surface area (Å²) in [5, 5.41) is 0. The van der Waals surface area contributed by atoms with Gasteiger partial charge in [-0.15, -0.1) is 0 Å². The van der Waals surface area contributed by atoms with Crippen LogP contribution in [0.2, 0.25) is 0 Å². The van der Waals surface area contributed by atoms with Crippen LogP contribution >= 0.6 is 0 Å². The molecular weight excluding hydrogens is 200 g/mol. The zero-order valence-corrected chi connectivity index (χ0v) is 9.55. The number of allylic oxidation sites excluding steroid dienone is 2. The van der Waals surface area contributed by atoms with Gasteiger partial charge in [0.1, 0.15) is 6.54 Å². The molecule has 2 aliphatic heterocycles. The number of nitrogens with zero attached hydrogens (tertiary/aromatic N) is 2. The molecule has 16 heavy (non-hydrogen) atoms. The molecule has 3 rings (SSSR count). The number of quaternary nitrogens is 1. The summed E-state index contributed by atoms with van der Waals surface area (Å²) in [7, 11) is 2.20. The lowest BCUT2D eigenvalue weighted by atomic mass is 10.2. The summed E-state index contributed by atoms with van der Waals surface area (Å²) >= 11 is 0. The highest BCUT2D eigenvalue weighted by atomic mass is 16.1. The smallest absolute Gasteiger partial charge is 0.255 e. The molecule has 82 valence electrons. The van der Waals surface area contributed by atoms with E-state index in [4.69, 9.17) is 0 Å². The number of aromatic nitrogens is 1. The molecule has 2 aliphatic rings. The standard InChI is InChI=1S/C13H15N2O/c1-10-3-4-13(16)14(8-10)11-5-6-15(2)9-12(15)7-11/h3-8,12H,9H2,1-2H3/q+1. The lowest BCUT2D eigenvalue weighted by Crippen LogP contribution is -2.22. The Morgan fingerprint density at radius 3 is 3.00 bits per heavy atom. The van der Waals surface area contributed by atoms with E-state index < -0.39 is 0 Å². The molecule has 3 nitrogen and oxygen atoms in total. The third-order valence-electron chi connectivity index (χ3n) is 3.49. The molecule has 0 radical (unpaired) electrons. The van der Waals surface area contributed by atoms with Crippen molar-refractivity contribution in [3.63, 3.8) is 0 Å². The first-order chi connectivity index (χ1) is 7.58. The maximum Gasteiger partial charge on any atom is 0.255 e. The second-order valence-electron chi connectivity index (χ2n) is 4.92. The van der Waals surface area contributed by atoms with Gasteiger partial charge >= 0.3 is 0 Å². The van der Waals surface area contributed by atoms with Gasteiger partial charge in [-0.25, -0.2) is 0 Å². The molecule has 0 N–H and O–H groups in total. The summed E-state index contributed by atoms with van der Waals surface area (Å²) < 4.78 is 2.72. The van der Waals surface area contributed by atoms with Crippen molar-refractivity contribution >= 4 is 5.70 Å². The molecule has 2 unspecified atom stereocenters. The molecule has 0 bridgehead atoms. The largest absolute Gasteiger partial charge is 0.284 e. The van der Waals surface area contributed by atoms with E-state index in [1.807, 2.05) is 25.3 Å². The van der Waals surface area contributed by atoms with E-state index in [9.17, 15) is 4.79 Å². The highest BCUT2D eigenvalue weighted by molar-refractivity contribution is 5.59. The minimum Gasteiger partial charge on any atom is -0.284 e. The zero-order chi connectivity index (χ0) is 11.3.